The highest BCUT2D eigenvalue weighted by Crippen LogP contribution is 2.31. The molecule has 0 bridgehead atoms. The molecule has 0 saturated carbocycles. The molecular formula is C12H14BrClN2O3. The molecule has 0 aliphatic carbocycles. The molecular weight excluding hydrogens is 336 g/mol. The third-order valence-electron chi connectivity index (χ3n) is 2.43. The molecule has 19 heavy (non-hydrogen) atoms. The molecule has 1 aromatic rings. The predicted molar refractivity (Wildman–Crippen MR) is 76.4 cm³/mol. The van der Waals surface area contributed by atoms with Crippen LogP contribution < -0.4 is 5.32 Å². The number of likely N-dealkylation sites (N-methyl/N-ethyl adjacent to an activating group) is 1. The van der Waals surface area contributed by atoms with Gasteiger partial charge in [-0.25, -0.2) is 0 Å². The van der Waals surface area contributed by atoms with Gasteiger partial charge in [-0.05, 0) is 19.1 Å². The zero-order valence-electron chi connectivity index (χ0n) is 10.7. The van der Waals surface area contributed by atoms with Crippen LogP contribution in [0.15, 0.2) is 16.6 Å². The Balaban J connectivity index is 2.93. The highest BCUT2D eigenvalue weighted by Gasteiger charge is 2.21. The number of hydrogen-bond donors (Lipinski definition) is 2. The summed E-state index contributed by atoms with van der Waals surface area (Å²) in [7, 11) is 3.19. The number of aromatic hydroxyl groups is 1. The average Bonchev–Trinajstić information content (AvgIpc) is 2.32. The number of carbonyl (C=O) groups is 2. The van der Waals surface area contributed by atoms with Crippen LogP contribution in [0.2, 0.25) is 5.02 Å². The number of nitrogens with one attached hydrogen (secondary N) is 1. The van der Waals surface area contributed by atoms with Crippen LogP contribution in [0.4, 0.5) is 0 Å². The van der Waals surface area contributed by atoms with E-state index in [0.29, 0.717) is 4.47 Å². The van der Waals surface area contributed by atoms with E-state index in [9.17, 15) is 14.7 Å². The van der Waals surface area contributed by atoms with Crippen molar-refractivity contribution in [3.63, 3.8) is 0 Å². The fraction of sp³-hybridized carbons (Fsp3) is 0.333. The number of carbonyl (C=O) groups excluding carboxylic acids is 2. The van der Waals surface area contributed by atoms with Crippen LogP contribution in [-0.2, 0) is 4.79 Å². The molecule has 2 N–H and O–H groups in total. The molecule has 0 aliphatic rings. The van der Waals surface area contributed by atoms with Gasteiger partial charge in [-0.2, -0.15) is 0 Å². The number of phenols is 1. The van der Waals surface area contributed by atoms with Crippen LogP contribution >= 0.6 is 27.5 Å². The number of phenolic OH excluding ortho intramolecular Hbond substituents is 1. The third kappa shape index (κ3) is 3.84. The van der Waals surface area contributed by atoms with Crippen molar-refractivity contribution in [1.29, 1.82) is 0 Å². The minimum absolute atomic E-state index is 0.0118. The maximum Gasteiger partial charge on any atom is 0.255 e. The SMILES string of the molecule is CC(NC(=O)c1cc(Br)cc(Cl)c1O)C(=O)N(C)C. The first-order valence-corrected chi connectivity index (χ1v) is 6.61. The van der Waals surface area contributed by atoms with Gasteiger partial charge in [-0.3, -0.25) is 9.59 Å². The van der Waals surface area contributed by atoms with Crippen LogP contribution in [0.25, 0.3) is 0 Å². The van der Waals surface area contributed by atoms with Gasteiger partial charge in [-0.15, -0.1) is 0 Å². The number of hydrogen-bond acceptors (Lipinski definition) is 3. The largest absolute Gasteiger partial charge is 0.506 e. The van der Waals surface area contributed by atoms with E-state index in [-0.39, 0.29) is 22.2 Å². The van der Waals surface area contributed by atoms with Gasteiger partial charge < -0.3 is 15.3 Å². The molecule has 1 unspecified atom stereocenters. The zero-order valence-corrected chi connectivity index (χ0v) is 13.0. The molecule has 1 atom stereocenters. The van der Waals surface area contributed by atoms with Crippen molar-refractivity contribution < 1.29 is 14.7 Å². The minimum atomic E-state index is -0.695. The Kier molecular flexibility index (Phi) is 5.20. The molecule has 0 saturated heterocycles. The van der Waals surface area contributed by atoms with Gasteiger partial charge in [0, 0.05) is 18.6 Å². The van der Waals surface area contributed by atoms with Crippen LogP contribution in [-0.4, -0.2) is 42.0 Å². The molecule has 7 heteroatoms. The molecule has 0 fully saturated rings. The van der Waals surface area contributed by atoms with Crippen molar-refractivity contribution in [2.45, 2.75) is 13.0 Å². The second-order valence-electron chi connectivity index (χ2n) is 4.21. The highest BCUT2D eigenvalue weighted by atomic mass is 79.9. The van der Waals surface area contributed by atoms with Gasteiger partial charge in [0.25, 0.3) is 5.91 Å². The number of rotatable bonds is 3. The van der Waals surface area contributed by atoms with E-state index in [1.165, 1.54) is 17.0 Å². The highest BCUT2D eigenvalue weighted by molar-refractivity contribution is 9.10. The summed E-state index contributed by atoms with van der Waals surface area (Å²) >= 11 is 8.96. The molecule has 0 aromatic heterocycles. The Morgan fingerprint density at radius 2 is 2.00 bits per heavy atom. The van der Waals surface area contributed by atoms with Crippen molar-refractivity contribution >= 4 is 39.3 Å². The van der Waals surface area contributed by atoms with Gasteiger partial charge in [0.2, 0.25) is 5.91 Å². The van der Waals surface area contributed by atoms with E-state index >= 15 is 0 Å². The normalized spacial score (nSPS) is 11.8. The second kappa shape index (κ2) is 6.25. The molecule has 1 aromatic carbocycles. The van der Waals surface area contributed by atoms with Crippen molar-refractivity contribution in [3.05, 3.63) is 27.2 Å². The lowest BCUT2D eigenvalue weighted by atomic mass is 10.1. The Labute approximate surface area is 124 Å². The first kappa shape index (κ1) is 15.8. The maximum atomic E-state index is 12.0. The first-order valence-electron chi connectivity index (χ1n) is 5.44. The first-order chi connectivity index (χ1) is 8.73. The van der Waals surface area contributed by atoms with E-state index in [2.05, 4.69) is 21.2 Å². The Hall–Kier alpha value is -1.27. The second-order valence-corrected chi connectivity index (χ2v) is 5.53. The zero-order chi connectivity index (χ0) is 14.7. The smallest absolute Gasteiger partial charge is 0.255 e. The van der Waals surface area contributed by atoms with E-state index in [1.54, 1.807) is 21.0 Å². The molecule has 2 amide bonds. The van der Waals surface area contributed by atoms with Gasteiger partial charge in [0.15, 0.2) is 0 Å². The van der Waals surface area contributed by atoms with Crippen LogP contribution in [0.1, 0.15) is 17.3 Å². The van der Waals surface area contributed by atoms with Crippen LogP contribution in [0.3, 0.4) is 0 Å². The Morgan fingerprint density at radius 3 is 2.53 bits per heavy atom. The molecule has 0 spiro atoms. The summed E-state index contributed by atoms with van der Waals surface area (Å²) in [6, 6.07) is 2.21. The number of benzene rings is 1. The Bertz CT molecular complexity index is 520. The summed E-state index contributed by atoms with van der Waals surface area (Å²) in [5, 5.41) is 12.3. The van der Waals surface area contributed by atoms with Crippen molar-refractivity contribution in [1.82, 2.24) is 10.2 Å². The third-order valence-corrected chi connectivity index (χ3v) is 3.18. The van der Waals surface area contributed by atoms with Gasteiger partial charge in [0.05, 0.1) is 10.6 Å². The van der Waals surface area contributed by atoms with Gasteiger partial charge in [0.1, 0.15) is 11.8 Å². The monoisotopic (exact) mass is 348 g/mol. The molecule has 104 valence electrons. The summed E-state index contributed by atoms with van der Waals surface area (Å²) in [5.74, 6) is -1.12. The summed E-state index contributed by atoms with van der Waals surface area (Å²) in [5.41, 5.74) is 0.0118. The summed E-state index contributed by atoms with van der Waals surface area (Å²) < 4.78 is 0.562. The summed E-state index contributed by atoms with van der Waals surface area (Å²) in [6.07, 6.45) is 0. The summed E-state index contributed by atoms with van der Waals surface area (Å²) in [6.45, 7) is 1.57. The fourth-order valence-corrected chi connectivity index (χ4v) is 2.27. The van der Waals surface area contributed by atoms with E-state index < -0.39 is 11.9 Å². The number of nitrogens with zero attached hydrogens (tertiary/aromatic N) is 1. The van der Waals surface area contributed by atoms with Crippen LogP contribution in [0.5, 0.6) is 5.75 Å². The van der Waals surface area contributed by atoms with E-state index in [0.717, 1.165) is 0 Å². The molecule has 1 rings (SSSR count). The van der Waals surface area contributed by atoms with E-state index in [4.69, 9.17) is 11.6 Å². The quantitative estimate of drug-likeness (QED) is 0.877. The van der Waals surface area contributed by atoms with Crippen molar-refractivity contribution in [2.75, 3.05) is 14.1 Å². The lowest BCUT2D eigenvalue weighted by Crippen LogP contribution is -2.44. The van der Waals surface area contributed by atoms with Crippen LogP contribution in [0, 0.1) is 0 Å². The van der Waals surface area contributed by atoms with Gasteiger partial charge in [-0.1, -0.05) is 27.5 Å². The topological polar surface area (TPSA) is 69.6 Å². The lowest BCUT2D eigenvalue weighted by molar-refractivity contribution is -0.130. The number of amides is 2. The predicted octanol–water partition coefficient (Wildman–Crippen LogP) is 2.01. The maximum absolute atomic E-state index is 12.0. The van der Waals surface area contributed by atoms with E-state index in [1.807, 2.05) is 0 Å². The lowest BCUT2D eigenvalue weighted by Gasteiger charge is -2.18. The van der Waals surface area contributed by atoms with Crippen molar-refractivity contribution in [2.24, 2.45) is 0 Å². The fourth-order valence-electron chi connectivity index (χ4n) is 1.46. The molecule has 0 heterocycles. The average molecular weight is 350 g/mol. The minimum Gasteiger partial charge on any atom is -0.506 e. The Morgan fingerprint density at radius 1 is 1.42 bits per heavy atom. The summed E-state index contributed by atoms with van der Waals surface area (Å²) in [4.78, 5) is 25.0. The standard InChI is InChI=1S/C12H14BrClN2O3/c1-6(12(19)16(2)3)15-11(18)8-4-7(13)5-9(14)10(8)17/h4-6,17H,1-3H3,(H,15,18). The van der Waals surface area contributed by atoms with Gasteiger partial charge >= 0.3 is 0 Å². The van der Waals surface area contributed by atoms with Crippen molar-refractivity contribution in [3.8, 4) is 5.75 Å². The molecule has 0 aliphatic heterocycles. The number of halogens is 2. The molecule has 0 radical (unpaired) electrons. The molecule has 5 nitrogen and oxygen atoms in total.